The number of aromatic amines is 1. The number of rotatable bonds is 2. The van der Waals surface area contributed by atoms with Gasteiger partial charge >= 0.3 is 83.4 Å². The molecule has 1 N–H and O–H groups in total. The molecule has 3 heteroatoms. The van der Waals surface area contributed by atoms with E-state index >= 15 is 0 Å². The van der Waals surface area contributed by atoms with Crippen molar-refractivity contribution < 1.29 is 19.4 Å². The third-order valence-corrected chi connectivity index (χ3v) is 2.06. The maximum absolute atomic E-state index is 4.25. The molecular weight excluding hydrogens is 320 g/mol. The summed E-state index contributed by atoms with van der Waals surface area (Å²) in [4.78, 5) is 7.49. The number of aliphatic imine (C=N–C) groups is 1. The zero-order chi connectivity index (χ0) is 9.14. The average Bonchev–Trinajstić information content (AvgIpc) is 2.28. The van der Waals surface area contributed by atoms with E-state index in [-0.39, 0.29) is 0 Å². The van der Waals surface area contributed by atoms with Gasteiger partial charge in [-0.3, -0.25) is 0 Å². The Balaban J connectivity index is 2.83. The Morgan fingerprint density at radius 3 is 2.67 bits per heavy atom. The molecule has 1 aromatic rings. The molecule has 64 valence electrons. The minimum atomic E-state index is 1.09. The summed E-state index contributed by atoms with van der Waals surface area (Å²) in [5.41, 5.74) is 3.60. The number of nitrogens with zero attached hydrogens (tertiary/aromatic N) is 1. The summed E-state index contributed by atoms with van der Waals surface area (Å²) < 4.78 is 1.15. The van der Waals surface area contributed by atoms with Crippen molar-refractivity contribution in [2.45, 2.75) is 20.8 Å². The molecule has 0 saturated heterocycles. The van der Waals surface area contributed by atoms with Crippen molar-refractivity contribution in [1.82, 2.24) is 4.98 Å². The van der Waals surface area contributed by atoms with Crippen molar-refractivity contribution in [3.05, 3.63) is 23.0 Å². The SMILES string of the molecule is C[C](=[W])N=Cc1cc(C)c(C)[nH]1. The topological polar surface area (TPSA) is 28.1 Å². The second kappa shape index (κ2) is 3.95. The van der Waals surface area contributed by atoms with Gasteiger partial charge in [0.1, 0.15) is 0 Å². The van der Waals surface area contributed by atoms with Gasteiger partial charge in [-0.2, -0.15) is 0 Å². The molecule has 1 rings (SSSR count). The van der Waals surface area contributed by atoms with E-state index in [9.17, 15) is 0 Å². The van der Waals surface area contributed by atoms with Gasteiger partial charge in [0.25, 0.3) is 0 Å². The van der Waals surface area contributed by atoms with Gasteiger partial charge < -0.3 is 0 Å². The Morgan fingerprint density at radius 1 is 1.58 bits per heavy atom. The van der Waals surface area contributed by atoms with E-state index in [1.165, 1.54) is 30.6 Å². The number of hydrogen-bond donors (Lipinski definition) is 1. The number of aryl methyl sites for hydroxylation is 2. The molecule has 0 saturated carbocycles. The van der Waals surface area contributed by atoms with E-state index in [0.717, 1.165) is 9.72 Å². The summed E-state index contributed by atoms with van der Waals surface area (Å²) in [5, 5.41) is 0. The second-order valence-electron chi connectivity index (χ2n) is 2.81. The Morgan fingerprint density at radius 2 is 2.25 bits per heavy atom. The molecule has 0 bridgehead atoms. The van der Waals surface area contributed by atoms with Gasteiger partial charge in [-0.25, -0.2) is 0 Å². The molecule has 0 radical (unpaired) electrons. The third kappa shape index (κ3) is 2.53. The monoisotopic (exact) mass is 332 g/mol. The number of aromatic nitrogens is 1. The van der Waals surface area contributed by atoms with Gasteiger partial charge in [-0.05, 0) is 0 Å². The summed E-state index contributed by atoms with van der Waals surface area (Å²) in [7, 11) is 0. The normalized spacial score (nSPS) is 10.9. The molecule has 12 heavy (non-hydrogen) atoms. The zero-order valence-electron chi connectivity index (χ0n) is 7.51. The molecule has 0 amide bonds. The Kier molecular flexibility index (Phi) is 3.16. The van der Waals surface area contributed by atoms with E-state index in [0.29, 0.717) is 0 Å². The van der Waals surface area contributed by atoms with Gasteiger partial charge in [0.15, 0.2) is 0 Å². The molecular formula is C9H12N2W. The van der Waals surface area contributed by atoms with Crippen molar-refractivity contribution in [2.75, 3.05) is 0 Å². The van der Waals surface area contributed by atoms with Crippen LogP contribution in [0.2, 0.25) is 0 Å². The fourth-order valence-electron chi connectivity index (χ4n) is 0.923. The Hall–Kier alpha value is -0.492. The molecule has 0 aromatic carbocycles. The predicted octanol–water partition coefficient (Wildman–Crippen LogP) is 1.75. The molecule has 0 atom stereocenters. The molecule has 1 aromatic heterocycles. The molecule has 2 nitrogen and oxygen atoms in total. The quantitative estimate of drug-likeness (QED) is 0.800. The number of hydrogen-bond acceptors (Lipinski definition) is 1. The van der Waals surface area contributed by atoms with Crippen LogP contribution in [-0.4, -0.2) is 15.2 Å². The van der Waals surface area contributed by atoms with Crippen LogP contribution in [0.3, 0.4) is 0 Å². The van der Waals surface area contributed by atoms with E-state index in [1.54, 1.807) is 0 Å². The standard InChI is InChI=1S/C9H12N2.W/c1-4-10-6-9-5-7(2)8(3)11-9;/h5-6,11H,1-3H3;. The van der Waals surface area contributed by atoms with E-state index < -0.39 is 0 Å². The van der Waals surface area contributed by atoms with E-state index in [1.807, 2.05) is 13.1 Å². The summed E-state index contributed by atoms with van der Waals surface area (Å²) >= 11 is 1.42. The van der Waals surface area contributed by atoms with Crippen molar-refractivity contribution in [3.63, 3.8) is 0 Å². The molecule has 0 unspecified atom stereocenters. The van der Waals surface area contributed by atoms with Crippen LogP contribution >= 0.6 is 0 Å². The molecule has 1 heterocycles. The van der Waals surface area contributed by atoms with Gasteiger partial charge in [-0.1, -0.05) is 0 Å². The minimum absolute atomic E-state index is 1.09. The fourth-order valence-corrected chi connectivity index (χ4v) is 1.11. The molecule has 0 fully saturated rings. The first-order valence-corrected chi connectivity index (χ1v) is 5.27. The van der Waals surface area contributed by atoms with Crippen LogP contribution in [0.4, 0.5) is 0 Å². The van der Waals surface area contributed by atoms with Crippen LogP contribution < -0.4 is 0 Å². The van der Waals surface area contributed by atoms with E-state index in [2.05, 4.69) is 29.9 Å². The van der Waals surface area contributed by atoms with Gasteiger partial charge in [-0.15, -0.1) is 0 Å². The van der Waals surface area contributed by atoms with Crippen molar-refractivity contribution >= 4 is 10.2 Å². The van der Waals surface area contributed by atoms with Crippen molar-refractivity contribution in [1.29, 1.82) is 0 Å². The van der Waals surface area contributed by atoms with Crippen LogP contribution in [0.1, 0.15) is 23.9 Å². The summed E-state index contributed by atoms with van der Waals surface area (Å²) in [5.74, 6) is 0. The molecule has 0 aliphatic carbocycles. The summed E-state index contributed by atoms with van der Waals surface area (Å²) in [6.45, 7) is 6.19. The third-order valence-electron chi connectivity index (χ3n) is 1.68. The van der Waals surface area contributed by atoms with Crippen LogP contribution in [0, 0.1) is 13.8 Å². The van der Waals surface area contributed by atoms with Crippen LogP contribution in [0.25, 0.3) is 0 Å². The van der Waals surface area contributed by atoms with Crippen LogP contribution in [0.15, 0.2) is 11.1 Å². The first kappa shape index (κ1) is 9.60. The summed E-state index contributed by atoms with van der Waals surface area (Å²) in [6.07, 6.45) is 1.88. The number of H-pyrrole nitrogens is 1. The average molecular weight is 332 g/mol. The summed E-state index contributed by atoms with van der Waals surface area (Å²) in [6, 6.07) is 2.11. The molecule has 0 aliphatic heterocycles. The predicted molar refractivity (Wildman–Crippen MR) is 48.5 cm³/mol. The second-order valence-corrected chi connectivity index (χ2v) is 4.93. The van der Waals surface area contributed by atoms with E-state index in [4.69, 9.17) is 0 Å². The maximum atomic E-state index is 4.25. The van der Waals surface area contributed by atoms with Gasteiger partial charge in [0.05, 0.1) is 0 Å². The van der Waals surface area contributed by atoms with Gasteiger partial charge in [0.2, 0.25) is 0 Å². The Bertz CT molecular complexity index is 304. The first-order valence-electron chi connectivity index (χ1n) is 3.80. The molecule has 0 spiro atoms. The van der Waals surface area contributed by atoms with Crippen LogP contribution in [-0.2, 0) is 19.4 Å². The van der Waals surface area contributed by atoms with Crippen molar-refractivity contribution in [3.8, 4) is 0 Å². The van der Waals surface area contributed by atoms with Gasteiger partial charge in [0, 0.05) is 0 Å². The Labute approximate surface area is 83.5 Å². The van der Waals surface area contributed by atoms with Crippen LogP contribution in [0.5, 0.6) is 0 Å². The van der Waals surface area contributed by atoms with Crippen molar-refractivity contribution in [2.24, 2.45) is 4.99 Å². The fraction of sp³-hybridized carbons (Fsp3) is 0.333. The molecule has 0 aliphatic rings. The zero-order valence-corrected chi connectivity index (χ0v) is 10.4. The number of nitrogens with one attached hydrogen (secondary N) is 1. The first-order chi connectivity index (χ1) is 5.59.